The molecule has 232 valence electrons. The lowest BCUT2D eigenvalue weighted by molar-refractivity contribution is -0.384. The molecule has 4 atom stereocenters. The zero-order valence-corrected chi connectivity index (χ0v) is 25.7. The molecule has 10 heteroatoms. The number of nitro groups is 1. The Morgan fingerprint density at radius 1 is 1.09 bits per heavy atom. The zero-order valence-electron chi connectivity index (χ0n) is 25.7. The molecule has 3 aromatic carbocycles. The van der Waals surface area contributed by atoms with Crippen LogP contribution in [0.3, 0.4) is 0 Å². The summed E-state index contributed by atoms with van der Waals surface area (Å²) in [6, 6.07) is 17.0. The Labute approximate surface area is 262 Å². The summed E-state index contributed by atoms with van der Waals surface area (Å²) in [6.45, 7) is 6.26. The number of hydrogen-bond acceptors (Lipinski definition) is 7. The number of anilines is 1. The van der Waals surface area contributed by atoms with Gasteiger partial charge in [0.1, 0.15) is 5.75 Å². The molecule has 2 N–H and O–H groups in total. The molecule has 0 radical (unpaired) electrons. The number of imide groups is 1. The average Bonchev–Trinajstić information content (AvgIpc) is 3.28. The number of benzene rings is 3. The third-order valence-electron chi connectivity index (χ3n) is 9.72. The number of nitro benzene ring substituents is 1. The summed E-state index contributed by atoms with van der Waals surface area (Å²) in [7, 11) is -1.08. The maximum absolute atomic E-state index is 14.0. The molecular weight excluding hydrogens is 571 g/mol. The van der Waals surface area contributed by atoms with E-state index in [1.54, 1.807) is 12.1 Å². The number of amides is 2. The second kappa shape index (κ2) is 12.3. The van der Waals surface area contributed by atoms with Gasteiger partial charge in [-0.15, -0.1) is 0 Å². The summed E-state index contributed by atoms with van der Waals surface area (Å²) in [5.74, 6) is -2.02. The fourth-order valence-electron chi connectivity index (χ4n) is 7.57. The minimum absolute atomic E-state index is 0.101. The van der Waals surface area contributed by atoms with Crippen LogP contribution >= 0.6 is 0 Å². The van der Waals surface area contributed by atoms with Gasteiger partial charge in [-0.25, -0.2) is 4.90 Å². The number of phenolic OH excluding ortho intramolecular Hbond substituents is 1. The molecule has 0 bridgehead atoms. The summed E-state index contributed by atoms with van der Waals surface area (Å²) in [5, 5.41) is 34.4. The molecule has 6 rings (SSSR count). The Morgan fingerprint density at radius 3 is 2.56 bits per heavy atom. The van der Waals surface area contributed by atoms with Gasteiger partial charge in [0.2, 0.25) is 11.8 Å². The Kier molecular flexibility index (Phi) is 8.37. The normalized spacial score (nSPS) is 23.6. The molecule has 45 heavy (non-hydrogen) atoms. The lowest BCUT2D eigenvalue weighted by Gasteiger charge is -2.44. The van der Waals surface area contributed by atoms with E-state index in [1.807, 2.05) is 30.3 Å². The highest BCUT2D eigenvalue weighted by molar-refractivity contribution is 6.43. The molecule has 3 aromatic rings. The standard InChI is InChI=1S/C35H37BN2O7/c1-4-21(16-22-13-14-30(39)26-11-6-5-10-25(22)26)12-15-31-32-27(20(2)3)18-28-33(29(32)19-36(42)45-31)35(41)37(34(28)40)23-8-7-9-24(17-23)38(43)44/h5-11,13-14,16-17,20,28-29,31,33,39,42H,4,12,15,18-19H2,1-3H3/b21-16+/t28-,29+,31-,33-/m1/s1. The lowest BCUT2D eigenvalue weighted by atomic mass is 9.57. The van der Waals surface area contributed by atoms with Crippen molar-refractivity contribution in [1.82, 2.24) is 0 Å². The fraction of sp³-hybridized carbons (Fsp3) is 0.371. The molecule has 0 unspecified atom stereocenters. The van der Waals surface area contributed by atoms with Gasteiger partial charge in [0, 0.05) is 17.5 Å². The molecule has 9 nitrogen and oxygen atoms in total. The topological polar surface area (TPSA) is 130 Å². The number of aromatic hydroxyl groups is 1. The summed E-state index contributed by atoms with van der Waals surface area (Å²) in [5.41, 5.74) is 4.32. The predicted octanol–water partition coefficient (Wildman–Crippen LogP) is 6.68. The maximum atomic E-state index is 14.0. The summed E-state index contributed by atoms with van der Waals surface area (Å²) >= 11 is 0. The van der Waals surface area contributed by atoms with E-state index in [2.05, 4.69) is 26.8 Å². The largest absolute Gasteiger partial charge is 0.507 e. The molecule has 0 aromatic heterocycles. The minimum atomic E-state index is -1.08. The van der Waals surface area contributed by atoms with Crippen molar-refractivity contribution in [3.05, 3.63) is 93.1 Å². The van der Waals surface area contributed by atoms with Crippen molar-refractivity contribution in [2.75, 3.05) is 4.90 Å². The number of carbonyl (C=O) groups is 2. The number of allylic oxidation sites excluding steroid dienone is 2. The van der Waals surface area contributed by atoms with Crippen molar-refractivity contribution >= 4 is 47.2 Å². The van der Waals surface area contributed by atoms with Crippen LogP contribution in [0, 0.1) is 33.8 Å². The van der Waals surface area contributed by atoms with Crippen LogP contribution in [0.4, 0.5) is 11.4 Å². The van der Waals surface area contributed by atoms with Crippen LogP contribution in [0.5, 0.6) is 5.75 Å². The maximum Gasteiger partial charge on any atom is 0.455 e. The monoisotopic (exact) mass is 608 g/mol. The molecule has 2 amide bonds. The van der Waals surface area contributed by atoms with Gasteiger partial charge in [0.25, 0.3) is 5.69 Å². The van der Waals surface area contributed by atoms with Gasteiger partial charge in [-0.2, -0.15) is 0 Å². The van der Waals surface area contributed by atoms with Crippen LogP contribution in [-0.4, -0.2) is 40.1 Å². The van der Waals surface area contributed by atoms with E-state index in [1.165, 1.54) is 23.8 Å². The van der Waals surface area contributed by atoms with E-state index >= 15 is 0 Å². The number of non-ortho nitro benzene ring substituents is 1. The van der Waals surface area contributed by atoms with Crippen molar-refractivity contribution < 1.29 is 29.3 Å². The first-order valence-corrected chi connectivity index (χ1v) is 15.7. The number of hydrogen-bond donors (Lipinski definition) is 2. The Hall–Kier alpha value is -4.28. The van der Waals surface area contributed by atoms with Gasteiger partial charge >= 0.3 is 7.12 Å². The van der Waals surface area contributed by atoms with Crippen LogP contribution in [0.1, 0.15) is 52.0 Å². The van der Waals surface area contributed by atoms with Crippen molar-refractivity contribution in [2.24, 2.45) is 23.7 Å². The molecule has 0 saturated carbocycles. The number of phenols is 1. The zero-order chi connectivity index (χ0) is 32.0. The molecular formula is C35H37BN2O7. The van der Waals surface area contributed by atoms with Crippen LogP contribution in [0.15, 0.2) is 77.4 Å². The SMILES string of the molecule is CC/C(=C\c1ccc(O)c2ccccc12)CC[C@H]1OB(O)C[C@H]2C1=C(C(C)C)C[C@H]1C(=O)N(c3cccc([N+](=O)[O-])c3)C(=O)[C@H]12. The molecule has 0 spiro atoms. The van der Waals surface area contributed by atoms with Crippen LogP contribution < -0.4 is 4.90 Å². The van der Waals surface area contributed by atoms with Crippen LogP contribution in [0.25, 0.3) is 16.8 Å². The summed E-state index contributed by atoms with van der Waals surface area (Å²) in [4.78, 5) is 39.8. The van der Waals surface area contributed by atoms with Crippen LogP contribution in [-0.2, 0) is 14.2 Å². The second-order valence-corrected chi connectivity index (χ2v) is 12.6. The Bertz CT molecular complexity index is 1750. The van der Waals surface area contributed by atoms with Gasteiger partial charge in [-0.1, -0.05) is 74.4 Å². The van der Waals surface area contributed by atoms with E-state index in [0.29, 0.717) is 19.3 Å². The highest BCUT2D eigenvalue weighted by atomic mass is 16.6. The smallest absolute Gasteiger partial charge is 0.455 e. The first-order valence-electron chi connectivity index (χ1n) is 15.7. The predicted molar refractivity (Wildman–Crippen MR) is 173 cm³/mol. The van der Waals surface area contributed by atoms with Gasteiger partial charge in [0.15, 0.2) is 0 Å². The third-order valence-corrected chi connectivity index (χ3v) is 9.72. The minimum Gasteiger partial charge on any atom is -0.507 e. The number of fused-ring (bicyclic) bond motifs is 4. The van der Waals surface area contributed by atoms with Crippen molar-refractivity contribution in [1.29, 1.82) is 0 Å². The molecule has 2 aliphatic heterocycles. The average molecular weight is 609 g/mol. The van der Waals surface area contributed by atoms with Gasteiger partial charge < -0.3 is 14.8 Å². The second-order valence-electron chi connectivity index (χ2n) is 12.6. The van der Waals surface area contributed by atoms with Crippen molar-refractivity contribution in [3.63, 3.8) is 0 Å². The first-order chi connectivity index (χ1) is 21.6. The molecule has 2 saturated heterocycles. The van der Waals surface area contributed by atoms with Gasteiger partial charge in [-0.3, -0.25) is 19.7 Å². The molecule has 2 fully saturated rings. The van der Waals surface area contributed by atoms with E-state index in [4.69, 9.17) is 4.65 Å². The van der Waals surface area contributed by atoms with Crippen molar-refractivity contribution in [2.45, 2.75) is 58.9 Å². The van der Waals surface area contributed by atoms with Gasteiger partial charge in [-0.05, 0) is 72.5 Å². The quantitative estimate of drug-likeness (QED) is 0.0959. The number of carbonyl (C=O) groups excluding carboxylic acids is 2. The number of rotatable bonds is 8. The highest BCUT2D eigenvalue weighted by Crippen LogP contribution is 2.52. The molecule has 2 heterocycles. The van der Waals surface area contributed by atoms with E-state index in [9.17, 15) is 29.8 Å². The lowest BCUT2D eigenvalue weighted by Crippen LogP contribution is -2.46. The first kappa shape index (κ1) is 30.7. The van der Waals surface area contributed by atoms with Crippen molar-refractivity contribution in [3.8, 4) is 5.75 Å². The van der Waals surface area contributed by atoms with Crippen LogP contribution in [0.2, 0.25) is 6.32 Å². The highest BCUT2D eigenvalue weighted by Gasteiger charge is 2.58. The Morgan fingerprint density at radius 2 is 1.84 bits per heavy atom. The third kappa shape index (κ3) is 5.57. The van der Waals surface area contributed by atoms with Gasteiger partial charge in [0.05, 0.1) is 28.6 Å². The summed E-state index contributed by atoms with van der Waals surface area (Å²) in [6.07, 6.45) is 4.47. The molecule has 1 aliphatic carbocycles. The van der Waals surface area contributed by atoms with E-state index < -0.39 is 30.0 Å². The summed E-state index contributed by atoms with van der Waals surface area (Å²) < 4.78 is 6.18. The number of nitrogens with zero attached hydrogens (tertiary/aromatic N) is 2. The Balaban J connectivity index is 1.31. The van der Waals surface area contributed by atoms with E-state index in [-0.39, 0.29) is 47.1 Å². The fourth-order valence-corrected chi connectivity index (χ4v) is 7.57. The molecule has 3 aliphatic rings. The van der Waals surface area contributed by atoms with E-state index in [0.717, 1.165) is 38.8 Å².